The maximum Gasteiger partial charge on any atom is 2.00 e. The smallest absolute Gasteiger partial charge is 0.872 e. The van der Waals surface area contributed by atoms with Crippen LogP contribution in [0.1, 0.15) is 166 Å². The van der Waals surface area contributed by atoms with Crippen LogP contribution in [0.3, 0.4) is 0 Å². The SMILES string of the molecule is CCCCCCCCCCCCCc1cc(S(=O)(=O)O)ccc1Oc1ccc(O)cc1.CCCCCCCCCCCCCc1cc(S(=O)(=O)[O-])ccc1Oc1ccc([O-])cc1.[Ca+2]. The van der Waals surface area contributed by atoms with Crippen LogP contribution in [0.5, 0.6) is 34.5 Å². The zero-order chi connectivity index (χ0) is 45.1. The minimum absolute atomic E-state index is 0. The molecule has 0 atom stereocenters. The summed E-state index contributed by atoms with van der Waals surface area (Å²) in [5.41, 5.74) is 1.44. The van der Waals surface area contributed by atoms with E-state index < -0.39 is 20.2 Å². The Labute approximate surface area is 408 Å². The van der Waals surface area contributed by atoms with Crippen molar-refractivity contribution in [3.05, 3.63) is 96.1 Å². The Hall–Kier alpha value is -2.84. The molecule has 2 N–H and O–H groups in total. The summed E-state index contributed by atoms with van der Waals surface area (Å²) in [5.74, 6) is 2.16. The molecule has 0 spiro atoms. The Balaban J connectivity index is 0.000000427. The van der Waals surface area contributed by atoms with Crippen LogP contribution in [0.15, 0.2) is 94.7 Å². The third kappa shape index (κ3) is 24.3. The minimum atomic E-state index is -4.52. The largest absolute Gasteiger partial charge is 2.00 e. The molecule has 0 fully saturated rings. The van der Waals surface area contributed by atoms with E-state index in [1.807, 2.05) is 0 Å². The average Bonchev–Trinajstić information content (AvgIpc) is 3.24. The van der Waals surface area contributed by atoms with Gasteiger partial charge in [0.05, 0.1) is 9.79 Å². The molecule has 0 saturated heterocycles. The van der Waals surface area contributed by atoms with E-state index in [0.717, 1.165) is 37.7 Å². The second kappa shape index (κ2) is 31.9. The minimum Gasteiger partial charge on any atom is -0.872 e. The van der Waals surface area contributed by atoms with Crippen LogP contribution in [-0.2, 0) is 33.1 Å². The number of phenols is 1. The van der Waals surface area contributed by atoms with E-state index in [-0.39, 0.29) is 59.0 Å². The first-order valence-corrected chi connectivity index (χ1v) is 25.8. The first-order chi connectivity index (χ1) is 29.8. The van der Waals surface area contributed by atoms with Gasteiger partial charge in [0, 0.05) is 0 Å². The fourth-order valence-corrected chi connectivity index (χ4v) is 8.31. The van der Waals surface area contributed by atoms with E-state index in [9.17, 15) is 36.2 Å². The number of aromatic hydroxyl groups is 1. The summed E-state index contributed by atoms with van der Waals surface area (Å²) < 4.78 is 78.5. The Bertz CT molecular complexity index is 1910. The maximum absolute atomic E-state index is 11.5. The maximum atomic E-state index is 11.5. The van der Waals surface area contributed by atoms with E-state index >= 15 is 0 Å². The number of hydrogen-bond donors (Lipinski definition) is 2. The van der Waals surface area contributed by atoms with Crippen molar-refractivity contribution in [2.75, 3.05) is 0 Å². The molecule has 0 aliphatic carbocycles. The molecular formula is C50H70CaO10S2. The second-order valence-corrected chi connectivity index (χ2v) is 19.0. The summed E-state index contributed by atoms with van der Waals surface area (Å²) >= 11 is 0. The molecule has 0 bridgehead atoms. The summed E-state index contributed by atoms with van der Waals surface area (Å²) in [7, 11) is -8.78. The van der Waals surface area contributed by atoms with Crippen molar-refractivity contribution in [3.63, 3.8) is 0 Å². The number of unbranched alkanes of at least 4 members (excludes halogenated alkanes) is 20. The summed E-state index contributed by atoms with van der Waals surface area (Å²) in [6, 6.07) is 20.9. The van der Waals surface area contributed by atoms with Gasteiger partial charge in [-0.25, -0.2) is 8.42 Å². The number of aryl methyl sites for hydroxylation is 2. The summed E-state index contributed by atoms with van der Waals surface area (Å²) in [6.07, 6.45) is 28.5. The van der Waals surface area contributed by atoms with Gasteiger partial charge >= 0.3 is 37.7 Å². The van der Waals surface area contributed by atoms with Gasteiger partial charge in [-0.15, -0.1) is 5.75 Å². The normalized spacial score (nSPS) is 11.4. The summed E-state index contributed by atoms with van der Waals surface area (Å²) in [6.45, 7) is 4.47. The number of hydrogen-bond acceptors (Lipinski definition) is 9. The van der Waals surface area contributed by atoms with Crippen LogP contribution in [0, 0.1) is 0 Å². The molecule has 0 aliphatic heterocycles. The predicted molar refractivity (Wildman–Crippen MR) is 251 cm³/mol. The molecule has 4 aromatic rings. The van der Waals surface area contributed by atoms with Crippen molar-refractivity contribution in [3.8, 4) is 34.5 Å². The van der Waals surface area contributed by atoms with Crippen molar-refractivity contribution >= 4 is 58.0 Å². The van der Waals surface area contributed by atoms with Gasteiger partial charge in [-0.2, -0.15) is 8.42 Å². The van der Waals surface area contributed by atoms with E-state index in [2.05, 4.69) is 13.8 Å². The van der Waals surface area contributed by atoms with Crippen LogP contribution in [0.4, 0.5) is 0 Å². The van der Waals surface area contributed by atoms with Gasteiger partial charge in [-0.3, -0.25) is 4.55 Å². The van der Waals surface area contributed by atoms with Crippen molar-refractivity contribution in [2.24, 2.45) is 0 Å². The molecule has 63 heavy (non-hydrogen) atoms. The van der Waals surface area contributed by atoms with Crippen molar-refractivity contribution in [1.82, 2.24) is 0 Å². The molecule has 13 heteroatoms. The number of benzene rings is 4. The first-order valence-electron chi connectivity index (χ1n) is 22.9. The van der Waals surface area contributed by atoms with Gasteiger partial charge in [-0.1, -0.05) is 154 Å². The van der Waals surface area contributed by atoms with E-state index in [1.165, 1.54) is 164 Å². The fraction of sp³-hybridized carbons (Fsp3) is 0.520. The molecule has 4 rings (SSSR count). The van der Waals surface area contributed by atoms with E-state index in [0.29, 0.717) is 41.4 Å². The topological polar surface area (TPSA) is 173 Å². The second-order valence-electron chi connectivity index (χ2n) is 16.2. The molecule has 0 unspecified atom stereocenters. The molecular weight excluding hydrogens is 865 g/mol. The Morgan fingerprint density at radius 2 is 0.810 bits per heavy atom. The molecule has 0 aromatic heterocycles. The third-order valence-corrected chi connectivity index (χ3v) is 12.5. The van der Waals surface area contributed by atoms with Gasteiger partial charge in [-0.05, 0) is 110 Å². The molecule has 0 radical (unpaired) electrons. The van der Waals surface area contributed by atoms with Crippen LogP contribution in [0.2, 0.25) is 0 Å². The van der Waals surface area contributed by atoms with Gasteiger partial charge in [0.25, 0.3) is 10.1 Å². The van der Waals surface area contributed by atoms with Gasteiger partial charge in [0.15, 0.2) is 0 Å². The Morgan fingerprint density at radius 1 is 0.476 bits per heavy atom. The predicted octanol–water partition coefficient (Wildman–Crippen LogP) is 13.2. The van der Waals surface area contributed by atoms with Crippen molar-refractivity contribution in [1.29, 1.82) is 0 Å². The fourth-order valence-electron chi connectivity index (χ4n) is 7.25. The quantitative estimate of drug-likeness (QED) is 0.0291. The zero-order valence-corrected chi connectivity index (χ0v) is 41.6. The third-order valence-electron chi connectivity index (χ3n) is 10.9. The molecule has 0 heterocycles. The van der Waals surface area contributed by atoms with Gasteiger partial charge < -0.3 is 24.2 Å². The summed E-state index contributed by atoms with van der Waals surface area (Å²) in [4.78, 5) is -0.364. The molecule has 0 saturated carbocycles. The summed E-state index contributed by atoms with van der Waals surface area (Å²) in [5, 5.41) is 20.7. The molecule has 0 aliphatic rings. The molecule has 4 aromatic carbocycles. The van der Waals surface area contributed by atoms with E-state index in [4.69, 9.17) is 9.47 Å². The Morgan fingerprint density at radius 3 is 1.17 bits per heavy atom. The van der Waals surface area contributed by atoms with Crippen LogP contribution in [0.25, 0.3) is 0 Å². The Kier molecular flexibility index (Phi) is 28.5. The first kappa shape index (κ1) is 56.3. The van der Waals surface area contributed by atoms with Crippen LogP contribution < -0.4 is 14.6 Å². The van der Waals surface area contributed by atoms with Gasteiger partial charge in [0.1, 0.15) is 38.9 Å². The van der Waals surface area contributed by atoms with E-state index in [1.54, 1.807) is 30.3 Å². The zero-order valence-electron chi connectivity index (χ0n) is 37.7. The van der Waals surface area contributed by atoms with Crippen molar-refractivity contribution < 1.29 is 45.6 Å². The van der Waals surface area contributed by atoms with Crippen LogP contribution >= 0.6 is 0 Å². The standard InChI is InChI=1S/2C25H36O5S.Ca/c2*1-2-3-4-5-6-7-8-9-10-11-12-13-21-20-24(31(27,28)29)18-19-25(21)30-23-16-14-22(26)15-17-23;/h2*14-20,26H,2-13H2,1H3,(H,27,28,29);/q;;+2/p-2. The van der Waals surface area contributed by atoms with Gasteiger partial charge in [0.2, 0.25) is 0 Å². The number of ether oxygens (including phenoxy) is 2. The monoisotopic (exact) mass is 934 g/mol. The van der Waals surface area contributed by atoms with Crippen molar-refractivity contribution in [2.45, 2.75) is 178 Å². The van der Waals surface area contributed by atoms with Crippen LogP contribution in [-0.4, -0.2) is 68.8 Å². The number of rotatable bonds is 30. The molecule has 344 valence electrons. The molecule has 10 nitrogen and oxygen atoms in total. The molecule has 0 amide bonds. The average molecular weight is 935 g/mol. The number of phenolic OH excluding ortho intramolecular Hbond substituents is 1.